The molecule has 2 nitrogen and oxygen atoms in total. The second-order valence-electron chi connectivity index (χ2n) is 6.45. The van der Waals surface area contributed by atoms with Crippen LogP contribution in [0, 0.1) is 19.8 Å². The van der Waals surface area contributed by atoms with Gasteiger partial charge in [-0.2, -0.15) is 0 Å². The number of Topliss-reactive ketones (excluding diaryl/α,β-unsaturated/α-hetero) is 1. The van der Waals surface area contributed by atoms with Crippen molar-refractivity contribution in [2.75, 3.05) is 6.61 Å². The average molecular weight is 321 g/mol. The Bertz CT molecular complexity index is 461. The van der Waals surface area contributed by atoms with Crippen molar-refractivity contribution in [2.45, 2.75) is 80.6 Å². The molecule has 0 aliphatic carbocycles. The smallest absolute Gasteiger partial charge is 0.129 e. The molecule has 0 bridgehead atoms. The number of ketones is 1. The van der Waals surface area contributed by atoms with Crippen LogP contribution >= 0.6 is 0 Å². The molecule has 0 aliphatic rings. The topological polar surface area (TPSA) is 26.3 Å². The quantitative estimate of drug-likeness (QED) is 0.517. The SMILES string of the molecule is CC.CC(=O)CCCCCc1c(C)ccc(OCC(C)C)c1C. The van der Waals surface area contributed by atoms with Crippen molar-refractivity contribution in [2.24, 2.45) is 5.92 Å². The molecule has 1 rings (SSSR count). The Morgan fingerprint density at radius 3 is 2.30 bits per heavy atom. The summed E-state index contributed by atoms with van der Waals surface area (Å²) in [5.41, 5.74) is 4.04. The molecule has 0 unspecified atom stereocenters. The molecule has 0 spiro atoms. The van der Waals surface area contributed by atoms with E-state index >= 15 is 0 Å². The van der Waals surface area contributed by atoms with Crippen molar-refractivity contribution < 1.29 is 9.53 Å². The van der Waals surface area contributed by atoms with Gasteiger partial charge in [0.25, 0.3) is 0 Å². The van der Waals surface area contributed by atoms with E-state index in [0.29, 0.717) is 11.7 Å². The maximum atomic E-state index is 10.9. The molecule has 0 radical (unpaired) electrons. The van der Waals surface area contributed by atoms with Gasteiger partial charge in [-0.1, -0.05) is 40.2 Å². The number of hydrogen-bond acceptors (Lipinski definition) is 2. The van der Waals surface area contributed by atoms with Crippen LogP contribution in [0.15, 0.2) is 12.1 Å². The number of carbonyl (C=O) groups excluding carboxylic acids is 1. The summed E-state index contributed by atoms with van der Waals surface area (Å²) in [5, 5.41) is 0. The summed E-state index contributed by atoms with van der Waals surface area (Å²) in [6.45, 7) is 15.1. The molecular formula is C21H36O2. The van der Waals surface area contributed by atoms with Gasteiger partial charge in [0.2, 0.25) is 0 Å². The van der Waals surface area contributed by atoms with Crippen LogP contribution < -0.4 is 4.74 Å². The Kier molecular flexibility index (Phi) is 11.5. The van der Waals surface area contributed by atoms with Gasteiger partial charge in [-0.05, 0) is 68.7 Å². The van der Waals surface area contributed by atoms with Crippen molar-refractivity contribution in [3.8, 4) is 5.75 Å². The lowest BCUT2D eigenvalue weighted by atomic mass is 9.96. The fourth-order valence-corrected chi connectivity index (χ4v) is 2.52. The standard InChI is InChI=1S/C19H30O2.C2H6/c1-14(2)13-21-19-12-11-15(3)18(17(19)5)10-8-6-7-9-16(4)20;1-2/h11-12,14H,6-10,13H2,1-5H3;1-2H3. The lowest BCUT2D eigenvalue weighted by Gasteiger charge is -2.16. The third kappa shape index (κ3) is 8.78. The molecule has 2 heteroatoms. The minimum absolute atomic E-state index is 0.298. The van der Waals surface area contributed by atoms with Crippen LogP contribution in [0.25, 0.3) is 0 Å². The normalized spacial score (nSPS) is 10.3. The Labute approximate surface area is 143 Å². The first-order valence-corrected chi connectivity index (χ1v) is 9.13. The van der Waals surface area contributed by atoms with Crippen LogP contribution in [-0.2, 0) is 11.2 Å². The van der Waals surface area contributed by atoms with Gasteiger partial charge in [-0.3, -0.25) is 0 Å². The van der Waals surface area contributed by atoms with E-state index in [1.165, 1.54) is 16.7 Å². The van der Waals surface area contributed by atoms with E-state index in [4.69, 9.17) is 4.74 Å². The first-order chi connectivity index (χ1) is 10.9. The summed E-state index contributed by atoms with van der Waals surface area (Å²) in [7, 11) is 0. The molecule has 0 fully saturated rings. The van der Waals surface area contributed by atoms with E-state index in [1.54, 1.807) is 6.92 Å². The zero-order valence-corrected chi connectivity index (χ0v) is 16.3. The zero-order chi connectivity index (χ0) is 17.8. The van der Waals surface area contributed by atoms with Crippen molar-refractivity contribution >= 4 is 5.78 Å². The molecular weight excluding hydrogens is 284 g/mol. The van der Waals surface area contributed by atoms with Crippen LogP contribution in [0.4, 0.5) is 0 Å². The van der Waals surface area contributed by atoms with Gasteiger partial charge >= 0.3 is 0 Å². The summed E-state index contributed by atoms with van der Waals surface area (Å²) < 4.78 is 5.91. The predicted molar refractivity (Wildman–Crippen MR) is 100 cm³/mol. The summed E-state index contributed by atoms with van der Waals surface area (Å²) in [4.78, 5) is 10.9. The summed E-state index contributed by atoms with van der Waals surface area (Å²) >= 11 is 0. The molecule has 0 atom stereocenters. The predicted octanol–water partition coefficient (Wildman–Crippen LogP) is 6.06. The van der Waals surface area contributed by atoms with E-state index in [2.05, 4.69) is 39.8 Å². The molecule has 0 aromatic heterocycles. The molecule has 0 heterocycles. The molecule has 23 heavy (non-hydrogen) atoms. The molecule has 0 aliphatic heterocycles. The fourth-order valence-electron chi connectivity index (χ4n) is 2.52. The van der Waals surface area contributed by atoms with Gasteiger partial charge in [-0.25, -0.2) is 0 Å². The molecule has 1 aromatic rings. The van der Waals surface area contributed by atoms with Crippen LogP contribution in [0.5, 0.6) is 5.75 Å². The van der Waals surface area contributed by atoms with Gasteiger partial charge in [0, 0.05) is 6.42 Å². The third-order valence-electron chi connectivity index (χ3n) is 3.81. The minimum Gasteiger partial charge on any atom is -0.493 e. The highest BCUT2D eigenvalue weighted by molar-refractivity contribution is 5.75. The van der Waals surface area contributed by atoms with Gasteiger partial charge in [-0.15, -0.1) is 0 Å². The van der Waals surface area contributed by atoms with Gasteiger partial charge in [0.1, 0.15) is 11.5 Å². The van der Waals surface area contributed by atoms with Crippen LogP contribution in [-0.4, -0.2) is 12.4 Å². The van der Waals surface area contributed by atoms with E-state index in [-0.39, 0.29) is 0 Å². The minimum atomic E-state index is 0.298. The largest absolute Gasteiger partial charge is 0.493 e. The second-order valence-corrected chi connectivity index (χ2v) is 6.45. The molecule has 1 aromatic carbocycles. The van der Waals surface area contributed by atoms with Gasteiger partial charge < -0.3 is 9.53 Å². The maximum Gasteiger partial charge on any atom is 0.129 e. The highest BCUT2D eigenvalue weighted by Crippen LogP contribution is 2.26. The number of ether oxygens (including phenoxy) is 1. The van der Waals surface area contributed by atoms with E-state index in [9.17, 15) is 4.79 Å². The highest BCUT2D eigenvalue weighted by atomic mass is 16.5. The number of benzene rings is 1. The first-order valence-electron chi connectivity index (χ1n) is 9.13. The average Bonchev–Trinajstić information content (AvgIpc) is 2.50. The summed E-state index contributed by atoms with van der Waals surface area (Å²) in [6.07, 6.45) is 5.07. The van der Waals surface area contributed by atoms with E-state index < -0.39 is 0 Å². The molecule has 132 valence electrons. The van der Waals surface area contributed by atoms with Gasteiger partial charge in [0.15, 0.2) is 0 Å². The van der Waals surface area contributed by atoms with Crippen LogP contribution in [0.1, 0.15) is 77.0 Å². The molecule has 0 saturated heterocycles. The molecule has 0 saturated carbocycles. The number of unbranched alkanes of at least 4 members (excludes halogenated alkanes) is 2. The Morgan fingerprint density at radius 1 is 1.09 bits per heavy atom. The maximum absolute atomic E-state index is 10.9. The Morgan fingerprint density at radius 2 is 1.74 bits per heavy atom. The lowest BCUT2D eigenvalue weighted by Crippen LogP contribution is -2.07. The second kappa shape index (κ2) is 12.2. The third-order valence-corrected chi connectivity index (χ3v) is 3.81. The highest BCUT2D eigenvalue weighted by Gasteiger charge is 2.09. The van der Waals surface area contributed by atoms with E-state index in [0.717, 1.165) is 44.5 Å². The zero-order valence-electron chi connectivity index (χ0n) is 16.3. The summed E-state index contributed by atoms with van der Waals surface area (Å²) in [6, 6.07) is 4.25. The first kappa shape index (κ1) is 21.7. The van der Waals surface area contributed by atoms with Crippen LogP contribution in [0.2, 0.25) is 0 Å². The van der Waals surface area contributed by atoms with Crippen molar-refractivity contribution in [3.63, 3.8) is 0 Å². The molecule has 0 amide bonds. The van der Waals surface area contributed by atoms with Crippen molar-refractivity contribution in [1.82, 2.24) is 0 Å². The van der Waals surface area contributed by atoms with E-state index in [1.807, 2.05) is 13.8 Å². The number of hydrogen-bond donors (Lipinski definition) is 0. The Hall–Kier alpha value is -1.31. The fraction of sp³-hybridized carbons (Fsp3) is 0.667. The number of aryl methyl sites for hydroxylation is 1. The van der Waals surface area contributed by atoms with Crippen LogP contribution in [0.3, 0.4) is 0 Å². The van der Waals surface area contributed by atoms with Gasteiger partial charge in [0.05, 0.1) is 6.61 Å². The molecule has 0 N–H and O–H groups in total. The number of rotatable bonds is 9. The summed E-state index contributed by atoms with van der Waals surface area (Å²) in [5.74, 6) is 1.86. The van der Waals surface area contributed by atoms with Crippen molar-refractivity contribution in [3.05, 3.63) is 28.8 Å². The Balaban J connectivity index is 0.00000232. The van der Waals surface area contributed by atoms with Crippen molar-refractivity contribution in [1.29, 1.82) is 0 Å². The monoisotopic (exact) mass is 320 g/mol. The number of carbonyl (C=O) groups is 1. The lowest BCUT2D eigenvalue weighted by molar-refractivity contribution is -0.117.